The van der Waals surface area contributed by atoms with Crippen molar-refractivity contribution < 1.29 is 0 Å². The molecule has 0 aromatic carbocycles. The first kappa shape index (κ1) is 15.1. The van der Waals surface area contributed by atoms with Crippen LogP contribution in [-0.2, 0) is 6.42 Å². The molecule has 0 amide bonds. The van der Waals surface area contributed by atoms with Crippen LogP contribution >= 0.6 is 0 Å². The van der Waals surface area contributed by atoms with Crippen LogP contribution in [0.3, 0.4) is 0 Å². The second-order valence-corrected chi connectivity index (χ2v) is 6.08. The second-order valence-electron chi connectivity index (χ2n) is 6.08. The fraction of sp³-hybridized carbons (Fsp3) is 0.750. The lowest BCUT2D eigenvalue weighted by Crippen LogP contribution is -2.22. The van der Waals surface area contributed by atoms with Gasteiger partial charge in [-0.05, 0) is 31.6 Å². The zero-order valence-electron chi connectivity index (χ0n) is 13.3. The zero-order valence-corrected chi connectivity index (χ0v) is 13.3. The van der Waals surface area contributed by atoms with Crippen molar-refractivity contribution in [1.82, 2.24) is 9.97 Å². The van der Waals surface area contributed by atoms with Gasteiger partial charge < -0.3 is 10.6 Å². The Bertz CT molecular complexity index is 444. The van der Waals surface area contributed by atoms with E-state index < -0.39 is 0 Å². The van der Waals surface area contributed by atoms with E-state index in [-0.39, 0.29) is 0 Å². The lowest BCUT2D eigenvalue weighted by molar-refractivity contribution is 0.293. The summed E-state index contributed by atoms with van der Waals surface area (Å²) in [4.78, 5) is 9.16. The van der Waals surface area contributed by atoms with Gasteiger partial charge in [-0.1, -0.05) is 26.7 Å². The number of anilines is 2. The highest BCUT2D eigenvalue weighted by atomic mass is 15.1. The number of aryl methyl sites for hydroxylation is 1. The summed E-state index contributed by atoms with van der Waals surface area (Å²) in [6.07, 6.45) is 6.33. The lowest BCUT2D eigenvalue weighted by atomic mass is 9.82. The highest BCUT2D eigenvalue weighted by Gasteiger charge is 2.19. The maximum atomic E-state index is 4.64. The molecule has 0 aliphatic heterocycles. The quantitative estimate of drug-likeness (QED) is 0.862. The summed E-state index contributed by atoms with van der Waals surface area (Å²) in [7, 11) is 1.92. The fourth-order valence-corrected chi connectivity index (χ4v) is 3.12. The Hall–Kier alpha value is -1.32. The maximum absolute atomic E-state index is 4.64. The van der Waals surface area contributed by atoms with Crippen molar-refractivity contribution in [3.63, 3.8) is 0 Å². The molecular formula is C16H28N4. The Balaban J connectivity index is 2.04. The highest BCUT2D eigenvalue weighted by Crippen LogP contribution is 2.29. The molecule has 1 aromatic rings. The predicted octanol–water partition coefficient (Wildman–Crippen LogP) is 3.63. The van der Waals surface area contributed by atoms with Gasteiger partial charge in [0.2, 0.25) is 0 Å². The van der Waals surface area contributed by atoms with Crippen molar-refractivity contribution in [1.29, 1.82) is 0 Å². The molecule has 1 aliphatic rings. The van der Waals surface area contributed by atoms with Crippen molar-refractivity contribution in [2.75, 3.05) is 24.2 Å². The van der Waals surface area contributed by atoms with Gasteiger partial charge in [-0.15, -0.1) is 0 Å². The van der Waals surface area contributed by atoms with Gasteiger partial charge in [0, 0.05) is 25.6 Å². The van der Waals surface area contributed by atoms with Crippen molar-refractivity contribution in [2.45, 2.75) is 52.9 Å². The molecular weight excluding hydrogens is 248 g/mol. The Morgan fingerprint density at radius 1 is 1.20 bits per heavy atom. The van der Waals surface area contributed by atoms with Crippen molar-refractivity contribution in [3.8, 4) is 0 Å². The van der Waals surface area contributed by atoms with Gasteiger partial charge in [0.15, 0.2) is 0 Å². The molecule has 0 radical (unpaired) electrons. The highest BCUT2D eigenvalue weighted by molar-refractivity contribution is 5.57. The predicted molar refractivity (Wildman–Crippen MR) is 85.3 cm³/mol. The van der Waals surface area contributed by atoms with E-state index in [2.05, 4.69) is 41.4 Å². The monoisotopic (exact) mass is 276 g/mol. The first-order valence-electron chi connectivity index (χ1n) is 7.93. The van der Waals surface area contributed by atoms with Crippen molar-refractivity contribution in [3.05, 3.63) is 11.4 Å². The maximum Gasteiger partial charge on any atom is 0.134 e. The Kier molecular flexibility index (Phi) is 5.21. The van der Waals surface area contributed by atoms with Gasteiger partial charge in [0.25, 0.3) is 0 Å². The molecule has 1 aliphatic carbocycles. The Labute approximate surface area is 122 Å². The van der Waals surface area contributed by atoms with E-state index in [1.165, 1.54) is 25.7 Å². The Morgan fingerprint density at radius 2 is 1.95 bits per heavy atom. The summed E-state index contributed by atoms with van der Waals surface area (Å²) in [5, 5.41) is 6.73. The van der Waals surface area contributed by atoms with Crippen LogP contribution in [0.4, 0.5) is 11.6 Å². The number of nitrogens with one attached hydrogen (secondary N) is 2. The lowest BCUT2D eigenvalue weighted by Gasteiger charge is -2.27. The largest absolute Gasteiger partial charge is 0.373 e. The molecule has 1 aromatic heterocycles. The minimum Gasteiger partial charge on any atom is -0.373 e. The second kappa shape index (κ2) is 6.91. The number of nitrogens with zero attached hydrogens (tertiary/aromatic N) is 2. The molecule has 2 unspecified atom stereocenters. The van der Waals surface area contributed by atoms with Crippen LogP contribution in [0.1, 0.15) is 50.9 Å². The molecule has 1 heterocycles. The number of aromatic nitrogens is 2. The van der Waals surface area contributed by atoms with Gasteiger partial charge in [-0.3, -0.25) is 0 Å². The summed E-state index contributed by atoms with van der Waals surface area (Å²) in [6, 6.07) is 0. The van der Waals surface area contributed by atoms with Gasteiger partial charge in [0.05, 0.1) is 0 Å². The van der Waals surface area contributed by atoms with Crippen molar-refractivity contribution >= 4 is 11.6 Å². The van der Waals surface area contributed by atoms with Crippen LogP contribution in [0.5, 0.6) is 0 Å². The molecule has 0 bridgehead atoms. The average molecular weight is 276 g/mol. The van der Waals surface area contributed by atoms with E-state index in [0.717, 1.165) is 47.8 Å². The van der Waals surface area contributed by atoms with E-state index in [1.54, 1.807) is 0 Å². The number of rotatable bonds is 5. The van der Waals surface area contributed by atoms with Crippen LogP contribution in [0.2, 0.25) is 0 Å². The molecule has 0 saturated heterocycles. The summed E-state index contributed by atoms with van der Waals surface area (Å²) < 4.78 is 0. The smallest absolute Gasteiger partial charge is 0.134 e. The molecule has 0 spiro atoms. The van der Waals surface area contributed by atoms with Gasteiger partial charge in [-0.2, -0.15) is 0 Å². The fourth-order valence-electron chi connectivity index (χ4n) is 3.12. The van der Waals surface area contributed by atoms with Gasteiger partial charge in [-0.25, -0.2) is 9.97 Å². The zero-order chi connectivity index (χ0) is 14.5. The summed E-state index contributed by atoms with van der Waals surface area (Å²) in [6.45, 7) is 7.58. The number of hydrogen-bond acceptors (Lipinski definition) is 4. The van der Waals surface area contributed by atoms with Crippen LogP contribution in [0, 0.1) is 18.8 Å². The topological polar surface area (TPSA) is 49.8 Å². The van der Waals surface area contributed by atoms with E-state index in [9.17, 15) is 0 Å². The molecule has 112 valence electrons. The molecule has 20 heavy (non-hydrogen) atoms. The van der Waals surface area contributed by atoms with Crippen molar-refractivity contribution in [2.24, 2.45) is 11.8 Å². The third-order valence-corrected chi connectivity index (χ3v) is 4.35. The van der Waals surface area contributed by atoms with Crippen LogP contribution in [0.15, 0.2) is 0 Å². The average Bonchev–Trinajstić information content (AvgIpc) is 2.46. The third-order valence-electron chi connectivity index (χ3n) is 4.35. The van der Waals surface area contributed by atoms with Gasteiger partial charge in [0.1, 0.15) is 17.5 Å². The van der Waals surface area contributed by atoms with E-state index in [4.69, 9.17) is 0 Å². The summed E-state index contributed by atoms with van der Waals surface area (Å²) in [5.74, 6) is 4.51. The first-order valence-corrected chi connectivity index (χ1v) is 7.93. The molecule has 1 saturated carbocycles. The SMILES string of the molecule is CCc1nc(NC)c(C)c(NCC2CCCC(C)C2)n1. The molecule has 4 nitrogen and oxygen atoms in total. The molecule has 4 heteroatoms. The standard InChI is InChI=1S/C16H28N4/c1-5-14-19-15(17-4)12(3)16(20-14)18-10-13-8-6-7-11(2)9-13/h11,13H,5-10H2,1-4H3,(H2,17,18,19,20). The molecule has 2 N–H and O–H groups in total. The third kappa shape index (κ3) is 3.62. The normalized spacial score (nSPS) is 22.6. The van der Waals surface area contributed by atoms with Crippen LogP contribution < -0.4 is 10.6 Å². The molecule has 2 rings (SSSR count). The van der Waals surface area contributed by atoms with E-state index in [0.29, 0.717) is 0 Å². The van der Waals surface area contributed by atoms with Gasteiger partial charge >= 0.3 is 0 Å². The van der Waals surface area contributed by atoms with Crippen LogP contribution in [-0.4, -0.2) is 23.6 Å². The van der Waals surface area contributed by atoms with E-state index >= 15 is 0 Å². The molecule has 1 fully saturated rings. The minimum absolute atomic E-state index is 0.788. The summed E-state index contributed by atoms with van der Waals surface area (Å²) >= 11 is 0. The van der Waals surface area contributed by atoms with E-state index in [1.807, 2.05) is 7.05 Å². The Morgan fingerprint density at radius 3 is 2.60 bits per heavy atom. The van der Waals surface area contributed by atoms with Crippen LogP contribution in [0.25, 0.3) is 0 Å². The first-order chi connectivity index (χ1) is 9.63. The molecule has 2 atom stereocenters. The summed E-state index contributed by atoms with van der Waals surface area (Å²) in [5.41, 5.74) is 1.12. The minimum atomic E-state index is 0.788. The number of hydrogen-bond donors (Lipinski definition) is 2.